The Morgan fingerprint density at radius 2 is 1.00 bits per heavy atom. The van der Waals surface area contributed by atoms with Crippen molar-refractivity contribution >= 4 is 94.1 Å². The van der Waals surface area contributed by atoms with Gasteiger partial charge in [0.15, 0.2) is 37.9 Å². The summed E-state index contributed by atoms with van der Waals surface area (Å²) in [5.41, 5.74) is 2.45. The van der Waals surface area contributed by atoms with Gasteiger partial charge in [-0.1, -0.05) is 47.0 Å². The normalized spacial score (nSPS) is 22.1. The van der Waals surface area contributed by atoms with Gasteiger partial charge < -0.3 is 9.47 Å². The predicted octanol–water partition coefficient (Wildman–Crippen LogP) is 7.51. The summed E-state index contributed by atoms with van der Waals surface area (Å²) in [5, 5.41) is 0. The van der Waals surface area contributed by atoms with Crippen LogP contribution in [0.2, 0.25) is 0 Å². The highest BCUT2D eigenvalue weighted by atomic mass is 32.3. The molecule has 0 saturated carbocycles. The number of rotatable bonds is 2. The second-order valence-electron chi connectivity index (χ2n) is 8.11. The second kappa shape index (κ2) is 15.5. The van der Waals surface area contributed by atoms with Crippen molar-refractivity contribution in [1.82, 2.24) is 0 Å². The molecule has 0 spiro atoms. The van der Waals surface area contributed by atoms with Gasteiger partial charge in [-0.15, -0.1) is 47.0 Å². The summed E-state index contributed by atoms with van der Waals surface area (Å²) in [6.07, 6.45) is 12.9. The zero-order valence-corrected chi connectivity index (χ0v) is 27.8. The summed E-state index contributed by atoms with van der Waals surface area (Å²) in [6.45, 7) is 4.69. The van der Waals surface area contributed by atoms with E-state index in [0.29, 0.717) is 0 Å². The molecule has 0 fully saturated rings. The maximum Gasteiger partial charge on any atom is 0.171 e. The molecule has 0 aromatic carbocycles. The van der Waals surface area contributed by atoms with E-state index in [0.717, 1.165) is 51.0 Å². The molecule has 4 nitrogen and oxygen atoms in total. The van der Waals surface area contributed by atoms with Gasteiger partial charge >= 0.3 is 0 Å². The van der Waals surface area contributed by atoms with Gasteiger partial charge in [0.2, 0.25) is 0 Å². The summed E-state index contributed by atoms with van der Waals surface area (Å²) >= 11 is 15.3. The van der Waals surface area contributed by atoms with E-state index in [1.165, 1.54) is 36.5 Å². The first kappa shape index (κ1) is 29.7. The van der Waals surface area contributed by atoms with Gasteiger partial charge in [-0.3, -0.25) is 0 Å². The van der Waals surface area contributed by atoms with Crippen molar-refractivity contribution in [3.05, 3.63) is 74.5 Å². The van der Waals surface area contributed by atoms with Gasteiger partial charge in [0.25, 0.3) is 0 Å². The molecule has 38 heavy (non-hydrogen) atoms. The van der Waals surface area contributed by atoms with Crippen LogP contribution in [0.1, 0.15) is 0 Å². The van der Waals surface area contributed by atoms with Crippen molar-refractivity contribution in [2.75, 3.05) is 50.4 Å². The lowest BCUT2D eigenvalue weighted by Crippen LogP contribution is -2.35. The highest BCUT2D eigenvalue weighted by Gasteiger charge is 2.30. The number of hydrogen-bond acceptors (Lipinski definition) is 10. The Hall–Kier alpha value is 0.240. The third kappa shape index (κ3) is 8.17. The number of thioether (sulfide) groups is 8. The average molecular weight is 659 g/mol. The zero-order chi connectivity index (χ0) is 26.2. The summed E-state index contributed by atoms with van der Waals surface area (Å²) in [5.74, 6) is 1.95. The fourth-order valence-electron chi connectivity index (χ4n) is 3.67. The molecular formula is C26H30N2O2S8+2. The molecule has 7 heterocycles. The van der Waals surface area contributed by atoms with Crippen LogP contribution in [0.15, 0.2) is 74.5 Å². The summed E-state index contributed by atoms with van der Waals surface area (Å²) in [6, 6.07) is 8.72. The van der Waals surface area contributed by atoms with Crippen LogP contribution in [0, 0.1) is 0 Å². The van der Waals surface area contributed by atoms with Gasteiger partial charge in [-0.25, -0.2) is 9.13 Å². The lowest BCUT2D eigenvalue weighted by molar-refractivity contribution is -0.698. The number of pyridine rings is 2. The Labute approximate surface area is 259 Å². The lowest BCUT2D eigenvalue weighted by Gasteiger charge is -2.06. The maximum atomic E-state index is 5.99. The fraction of sp³-hybridized carbons (Fsp3) is 0.385. The van der Waals surface area contributed by atoms with Crippen LogP contribution >= 0.6 is 94.1 Å². The molecule has 0 atom stereocenters. The van der Waals surface area contributed by atoms with Crippen LogP contribution in [0.4, 0.5) is 0 Å². The second-order valence-corrected chi connectivity index (χ2v) is 17.6. The van der Waals surface area contributed by atoms with Crippen LogP contribution in [-0.4, -0.2) is 50.4 Å². The fourth-order valence-corrected chi connectivity index (χ4v) is 14.7. The third-order valence-corrected chi connectivity index (χ3v) is 16.8. The molecular weight excluding hydrogens is 629 g/mol. The molecule has 202 valence electrons. The highest BCUT2D eigenvalue weighted by Crippen LogP contribution is 2.65. The number of nitrogens with zero attached hydrogens (tertiary/aromatic N) is 2. The van der Waals surface area contributed by atoms with Gasteiger partial charge in [-0.05, 0) is 23.6 Å². The monoisotopic (exact) mass is 658 g/mol. The first-order valence-corrected chi connectivity index (χ1v) is 19.8. The highest BCUT2D eigenvalue weighted by molar-refractivity contribution is 8.45. The molecule has 0 aliphatic carbocycles. The first-order valence-electron chi connectivity index (χ1n) is 12.2. The largest absolute Gasteiger partial charge is 0.374 e. The number of hydrogen-bond donors (Lipinski definition) is 0. The Morgan fingerprint density at radius 1 is 0.579 bits per heavy atom. The van der Waals surface area contributed by atoms with E-state index in [2.05, 4.69) is 70.7 Å². The van der Waals surface area contributed by atoms with Gasteiger partial charge in [-0.2, -0.15) is 0 Å². The van der Waals surface area contributed by atoms with Crippen LogP contribution < -0.4 is 9.13 Å². The minimum absolute atomic E-state index is 0.723. The minimum atomic E-state index is 0.723. The van der Waals surface area contributed by atoms with E-state index in [1.54, 1.807) is 0 Å². The average Bonchev–Trinajstić information content (AvgIpc) is 3.56. The van der Waals surface area contributed by atoms with E-state index < -0.39 is 0 Å². The molecule has 0 saturated heterocycles. The van der Waals surface area contributed by atoms with Gasteiger partial charge in [0, 0.05) is 35.8 Å². The molecule has 0 radical (unpaired) electrons. The Kier molecular flexibility index (Phi) is 12.1. The molecule has 5 aliphatic heterocycles. The van der Waals surface area contributed by atoms with Crippen LogP contribution in [0.3, 0.4) is 0 Å². The van der Waals surface area contributed by atoms with Crippen molar-refractivity contribution in [3.63, 3.8) is 0 Å². The predicted molar refractivity (Wildman–Crippen MR) is 177 cm³/mol. The minimum Gasteiger partial charge on any atom is -0.374 e. The smallest absolute Gasteiger partial charge is 0.171 e. The standard InChI is InChI=1S/C26H30N2O2S8/c1-31-21-23-33-17-15-29-13-11-27-7-3-19(4-8-27)20-5-9-28(10-6-20)12-14-30-16-18-34-24-22(32-2)36-26(38-24)25(35-21)37-23/h3-10H,11-18H2,1-2H3/q+2/b26-25-. The zero-order valence-electron chi connectivity index (χ0n) is 21.3. The molecule has 0 amide bonds. The topological polar surface area (TPSA) is 26.2 Å². The van der Waals surface area contributed by atoms with Crippen molar-refractivity contribution in [2.45, 2.75) is 13.1 Å². The Bertz CT molecular complexity index is 1110. The molecule has 12 heteroatoms. The van der Waals surface area contributed by atoms with Crippen LogP contribution in [0.5, 0.6) is 0 Å². The summed E-state index contributed by atoms with van der Waals surface area (Å²) < 4.78 is 24.9. The van der Waals surface area contributed by atoms with Crippen molar-refractivity contribution in [3.8, 4) is 11.1 Å². The lowest BCUT2D eigenvalue weighted by atomic mass is 10.1. The quantitative estimate of drug-likeness (QED) is 0.302. The van der Waals surface area contributed by atoms with Crippen molar-refractivity contribution in [2.24, 2.45) is 0 Å². The Morgan fingerprint density at radius 3 is 1.39 bits per heavy atom. The van der Waals surface area contributed by atoms with Gasteiger partial charge in [0.1, 0.15) is 13.2 Å². The number of ether oxygens (including phenoxy) is 2. The van der Waals surface area contributed by atoms with Gasteiger partial charge in [0.05, 0.1) is 38.6 Å². The van der Waals surface area contributed by atoms with E-state index in [4.69, 9.17) is 9.47 Å². The first-order chi connectivity index (χ1) is 18.7. The van der Waals surface area contributed by atoms with Crippen LogP contribution in [0.25, 0.3) is 11.1 Å². The van der Waals surface area contributed by atoms with Crippen molar-refractivity contribution < 1.29 is 18.6 Å². The van der Waals surface area contributed by atoms with E-state index >= 15 is 0 Å². The number of aromatic nitrogens is 2. The molecule has 2 aromatic heterocycles. The molecule has 5 aliphatic rings. The van der Waals surface area contributed by atoms with E-state index in [9.17, 15) is 0 Å². The third-order valence-electron chi connectivity index (χ3n) is 5.64. The molecule has 0 N–H and O–H groups in total. The summed E-state index contributed by atoms with van der Waals surface area (Å²) in [7, 11) is 0. The molecule has 0 unspecified atom stereocenters. The number of fused-ring (bicyclic) bond motifs is 2. The van der Waals surface area contributed by atoms with E-state index in [-0.39, 0.29) is 0 Å². The molecule has 2 aromatic rings. The Balaban J connectivity index is 1.25. The van der Waals surface area contributed by atoms with Crippen LogP contribution in [-0.2, 0) is 22.6 Å². The van der Waals surface area contributed by atoms with Crippen molar-refractivity contribution in [1.29, 1.82) is 0 Å². The maximum absolute atomic E-state index is 5.99. The molecule has 8 bridgehead atoms. The van der Waals surface area contributed by atoms with E-state index in [1.807, 2.05) is 94.1 Å². The summed E-state index contributed by atoms with van der Waals surface area (Å²) in [4.78, 5) is 0. The SMILES string of the molecule is CSC1=C2SCCOCC[n+]3ccc(cc3)-c3cc[n+](cc3)CCOCCSC3=C(SC)S/C(=C(\S1)S2)S3. The molecule has 7 rings (SSSR count).